The van der Waals surface area contributed by atoms with Gasteiger partial charge in [-0.25, -0.2) is 0 Å². The van der Waals surface area contributed by atoms with Gasteiger partial charge in [-0.15, -0.1) is 0 Å². The predicted molar refractivity (Wildman–Crippen MR) is 21.5 cm³/mol. The first-order chi connectivity index (χ1) is 2.41. The molecule has 0 aliphatic carbocycles. The van der Waals surface area contributed by atoms with E-state index in [1.165, 1.54) is 0 Å². The minimum absolute atomic E-state index is 0.708. The zero-order valence-electron chi connectivity index (χ0n) is 3.40. The van der Waals surface area contributed by atoms with E-state index in [2.05, 4.69) is 0 Å². The topological polar surface area (TPSA) is 17.1 Å². The summed E-state index contributed by atoms with van der Waals surface area (Å²) in [5, 5.41) is 0. The Hall–Kier alpha value is -0.135. The van der Waals surface area contributed by atoms with Gasteiger partial charge in [-0.2, -0.15) is 0 Å². The number of hydrogen-bond acceptors (Lipinski definition) is 1. The van der Waals surface area contributed by atoms with Gasteiger partial charge in [0.2, 0.25) is 0 Å². The summed E-state index contributed by atoms with van der Waals surface area (Å²) in [6.07, 6.45) is 1.68. The average molecular weight is 69.9 g/mol. The summed E-state index contributed by atoms with van der Waals surface area (Å²) in [6, 6.07) is 0. The molecule has 0 aliphatic rings. The van der Waals surface area contributed by atoms with E-state index in [1.807, 2.05) is 6.92 Å². The predicted octanol–water partition coefficient (Wildman–Crippen LogP) is 0.864. The van der Waals surface area contributed by atoms with Crippen molar-refractivity contribution in [1.82, 2.24) is 0 Å². The van der Waals surface area contributed by atoms with Crippen LogP contribution in [0.1, 0.15) is 13.3 Å². The van der Waals surface area contributed by atoms with Crippen LogP contribution in [0.5, 0.6) is 0 Å². The molecule has 5 heavy (non-hydrogen) atoms. The van der Waals surface area contributed by atoms with Crippen molar-refractivity contribution >= 4 is 7.15 Å². The minimum atomic E-state index is 0.708. The van der Waals surface area contributed by atoms with Crippen LogP contribution in [-0.4, -0.2) is 7.15 Å². The van der Waals surface area contributed by atoms with Crippen LogP contribution in [-0.2, 0) is 4.70 Å². The van der Waals surface area contributed by atoms with Crippen molar-refractivity contribution in [3.63, 3.8) is 0 Å². The molecule has 0 aliphatic heterocycles. The molecule has 0 heterocycles. The first-order valence-corrected chi connectivity index (χ1v) is 1.85. The molecule has 0 aromatic rings. The van der Waals surface area contributed by atoms with Gasteiger partial charge in [0.15, 0.2) is 0 Å². The molecule has 1 nitrogen and oxygen atoms in total. The summed E-state index contributed by atoms with van der Waals surface area (Å²) >= 11 is 0. The molecule has 0 fully saturated rings. The van der Waals surface area contributed by atoms with Crippen LogP contribution >= 0.6 is 0 Å². The van der Waals surface area contributed by atoms with Gasteiger partial charge in [0.1, 0.15) is 0 Å². The molecule has 0 saturated heterocycles. The second-order valence-electron chi connectivity index (χ2n) is 0.955. The third-order valence-corrected chi connectivity index (χ3v) is 0.407. The molecule has 0 bridgehead atoms. The molecule has 0 spiro atoms. The summed E-state index contributed by atoms with van der Waals surface area (Å²) in [6.45, 7) is 1.98. The molecule has 0 aromatic heterocycles. The molecule has 0 saturated carbocycles. The normalized spacial score (nSPS) is 6.60. The van der Waals surface area contributed by atoms with Crippen LogP contribution in [0.4, 0.5) is 0 Å². The Morgan fingerprint density at radius 1 is 1.80 bits per heavy atom. The molecular weight excluding hydrogens is 62.8 g/mol. The monoisotopic (exact) mass is 70.1 g/mol. The van der Waals surface area contributed by atoms with E-state index in [1.54, 1.807) is 0 Å². The van der Waals surface area contributed by atoms with Gasteiger partial charge >= 0.3 is 31.5 Å². The van der Waals surface area contributed by atoms with Crippen molar-refractivity contribution < 1.29 is 4.70 Å². The van der Waals surface area contributed by atoms with Crippen molar-refractivity contribution in [2.75, 3.05) is 0 Å². The van der Waals surface area contributed by atoms with E-state index in [0.717, 1.165) is 13.6 Å². The second kappa shape index (κ2) is 3.86. The summed E-state index contributed by atoms with van der Waals surface area (Å²) in [7, 11) is 0.931. The average Bonchev–Trinajstić information content (AvgIpc) is 1.41. The standard InChI is InChI=1S/C3H7BO/c1-2-3-4-5/h2-3H2,1H3. The molecule has 28 valence electrons. The van der Waals surface area contributed by atoms with Gasteiger partial charge in [0, 0.05) is 0 Å². The van der Waals surface area contributed by atoms with Crippen LogP contribution in [0, 0.1) is 0 Å². The van der Waals surface area contributed by atoms with Gasteiger partial charge in [-0.3, -0.25) is 0 Å². The van der Waals surface area contributed by atoms with Crippen LogP contribution in [0.15, 0.2) is 0 Å². The molecule has 0 radical (unpaired) electrons. The zero-order chi connectivity index (χ0) is 4.12. The Balaban J connectivity index is 2.40. The summed E-state index contributed by atoms with van der Waals surface area (Å²) in [5.74, 6) is 0. The van der Waals surface area contributed by atoms with Crippen LogP contribution < -0.4 is 0 Å². The molecular formula is C3H7BO. The van der Waals surface area contributed by atoms with Crippen molar-refractivity contribution in [3.05, 3.63) is 0 Å². The van der Waals surface area contributed by atoms with Crippen molar-refractivity contribution in [2.45, 2.75) is 19.7 Å². The maximum atomic E-state index is 9.40. The first-order valence-electron chi connectivity index (χ1n) is 1.85. The Kier molecular flexibility index (Phi) is 3.76. The zero-order valence-corrected chi connectivity index (χ0v) is 3.40. The molecule has 0 amide bonds. The third kappa shape index (κ3) is 3.86. The van der Waals surface area contributed by atoms with Gasteiger partial charge in [-0.05, 0) is 0 Å². The summed E-state index contributed by atoms with van der Waals surface area (Å²) < 4.78 is 9.40. The molecule has 0 atom stereocenters. The van der Waals surface area contributed by atoms with E-state index < -0.39 is 0 Å². The summed E-state index contributed by atoms with van der Waals surface area (Å²) in [5.41, 5.74) is 0. The summed E-state index contributed by atoms with van der Waals surface area (Å²) in [4.78, 5) is 0. The Morgan fingerprint density at radius 2 is 2.40 bits per heavy atom. The van der Waals surface area contributed by atoms with E-state index in [9.17, 15) is 4.70 Å². The first kappa shape index (κ1) is 4.86. The maximum absolute atomic E-state index is 9.40. The van der Waals surface area contributed by atoms with Gasteiger partial charge in [0.05, 0.1) is 0 Å². The fraction of sp³-hybridized carbons (Fsp3) is 1.00. The van der Waals surface area contributed by atoms with Gasteiger partial charge < -0.3 is 0 Å². The molecule has 0 rings (SSSR count). The van der Waals surface area contributed by atoms with Crippen molar-refractivity contribution in [3.8, 4) is 0 Å². The van der Waals surface area contributed by atoms with Crippen LogP contribution in [0.2, 0.25) is 6.32 Å². The third-order valence-electron chi connectivity index (χ3n) is 0.407. The van der Waals surface area contributed by atoms with Crippen molar-refractivity contribution in [2.24, 2.45) is 0 Å². The number of hydrogen-bond donors (Lipinski definition) is 0. The van der Waals surface area contributed by atoms with E-state index in [0.29, 0.717) is 6.32 Å². The quantitative estimate of drug-likeness (QED) is 0.440. The molecule has 0 aromatic carbocycles. The Labute approximate surface area is 32.6 Å². The fourth-order valence-corrected chi connectivity index (χ4v) is 0.118. The molecule has 2 heteroatoms. The van der Waals surface area contributed by atoms with Crippen molar-refractivity contribution in [1.29, 1.82) is 0 Å². The van der Waals surface area contributed by atoms with Gasteiger partial charge in [0.25, 0.3) is 0 Å². The van der Waals surface area contributed by atoms with Crippen LogP contribution in [0.25, 0.3) is 0 Å². The van der Waals surface area contributed by atoms with E-state index in [4.69, 9.17) is 0 Å². The van der Waals surface area contributed by atoms with E-state index in [-0.39, 0.29) is 0 Å². The fourth-order valence-electron chi connectivity index (χ4n) is 0.118. The molecule has 0 unspecified atom stereocenters. The van der Waals surface area contributed by atoms with Gasteiger partial charge in [-0.1, -0.05) is 0 Å². The molecule has 0 N–H and O–H groups in total. The second-order valence-corrected chi connectivity index (χ2v) is 0.955. The Morgan fingerprint density at radius 3 is 2.40 bits per heavy atom. The van der Waals surface area contributed by atoms with Crippen LogP contribution in [0.3, 0.4) is 0 Å². The SMILES string of the molecule is CCCB=O. The number of rotatable bonds is 2. The van der Waals surface area contributed by atoms with E-state index >= 15 is 0 Å². The Bertz CT molecular complexity index is 28.1.